The largest absolute Gasteiger partial charge is 0.417 e. The van der Waals surface area contributed by atoms with Gasteiger partial charge in [0.05, 0.1) is 17.2 Å². The molecule has 0 saturated carbocycles. The zero-order chi connectivity index (χ0) is 17.2. The molecule has 2 aromatic heterocycles. The molecule has 2 nitrogen and oxygen atoms in total. The molecule has 24 heavy (non-hydrogen) atoms. The summed E-state index contributed by atoms with van der Waals surface area (Å²) in [5.74, 6) is -0.743. The van der Waals surface area contributed by atoms with Gasteiger partial charge in [-0.1, -0.05) is 18.2 Å². The topological polar surface area (TPSA) is 29.1 Å². The summed E-state index contributed by atoms with van der Waals surface area (Å²) >= 11 is 2.91. The predicted molar refractivity (Wildman–Crippen MR) is 89.4 cm³/mol. The van der Waals surface area contributed by atoms with Gasteiger partial charge in [-0.05, 0) is 46.0 Å². The SMILES string of the molecule is O=C(N[C@H](c1ccsc1)c1cccs1)c1ccccc1C(F)(F)F. The van der Waals surface area contributed by atoms with Gasteiger partial charge in [-0.2, -0.15) is 24.5 Å². The molecule has 124 valence electrons. The van der Waals surface area contributed by atoms with Crippen LogP contribution in [0.1, 0.15) is 32.4 Å². The number of halogens is 3. The van der Waals surface area contributed by atoms with Crippen LogP contribution < -0.4 is 5.32 Å². The van der Waals surface area contributed by atoms with E-state index in [9.17, 15) is 18.0 Å². The van der Waals surface area contributed by atoms with Crippen molar-refractivity contribution in [2.45, 2.75) is 12.2 Å². The van der Waals surface area contributed by atoms with Gasteiger partial charge in [0.25, 0.3) is 5.91 Å². The van der Waals surface area contributed by atoms with E-state index < -0.39 is 23.7 Å². The smallest absolute Gasteiger partial charge is 0.340 e. The van der Waals surface area contributed by atoms with Crippen LogP contribution >= 0.6 is 22.7 Å². The minimum atomic E-state index is -4.57. The second-order valence-corrected chi connectivity index (χ2v) is 6.78. The van der Waals surface area contributed by atoms with E-state index in [1.807, 2.05) is 34.3 Å². The van der Waals surface area contributed by atoms with Gasteiger partial charge in [0, 0.05) is 4.88 Å². The molecule has 0 radical (unpaired) electrons. The maximum atomic E-state index is 13.1. The summed E-state index contributed by atoms with van der Waals surface area (Å²) in [6, 6.07) is 9.88. The number of alkyl halides is 3. The molecule has 0 saturated heterocycles. The molecule has 3 rings (SSSR count). The molecule has 1 N–H and O–H groups in total. The average molecular weight is 367 g/mol. The summed E-state index contributed by atoms with van der Waals surface area (Å²) in [5, 5.41) is 8.34. The molecule has 0 unspecified atom stereocenters. The van der Waals surface area contributed by atoms with Gasteiger partial charge in [-0.15, -0.1) is 11.3 Å². The number of benzene rings is 1. The molecule has 0 aliphatic carbocycles. The fraction of sp³-hybridized carbons (Fsp3) is 0.118. The third-order valence-corrected chi connectivity index (χ3v) is 5.10. The van der Waals surface area contributed by atoms with Gasteiger partial charge in [0.15, 0.2) is 0 Å². The first kappa shape index (κ1) is 16.7. The lowest BCUT2D eigenvalue weighted by Gasteiger charge is -2.18. The lowest BCUT2D eigenvalue weighted by Crippen LogP contribution is -2.30. The van der Waals surface area contributed by atoms with E-state index in [1.165, 1.54) is 40.9 Å². The second kappa shape index (κ2) is 6.78. The highest BCUT2D eigenvalue weighted by molar-refractivity contribution is 7.10. The van der Waals surface area contributed by atoms with Crippen molar-refractivity contribution in [1.82, 2.24) is 5.32 Å². The zero-order valence-electron chi connectivity index (χ0n) is 12.2. The van der Waals surface area contributed by atoms with Crippen molar-refractivity contribution in [2.75, 3.05) is 0 Å². The molecule has 1 aromatic carbocycles. The Morgan fingerprint density at radius 2 is 1.83 bits per heavy atom. The second-order valence-electron chi connectivity index (χ2n) is 5.02. The third-order valence-electron chi connectivity index (χ3n) is 3.46. The molecular weight excluding hydrogens is 355 g/mol. The lowest BCUT2D eigenvalue weighted by molar-refractivity contribution is -0.137. The Kier molecular flexibility index (Phi) is 4.73. The number of hydrogen-bond donors (Lipinski definition) is 1. The number of amides is 1. The van der Waals surface area contributed by atoms with Crippen molar-refractivity contribution >= 4 is 28.6 Å². The van der Waals surface area contributed by atoms with Gasteiger partial charge < -0.3 is 5.32 Å². The Morgan fingerprint density at radius 1 is 1.04 bits per heavy atom. The van der Waals surface area contributed by atoms with Gasteiger partial charge in [-0.3, -0.25) is 4.79 Å². The fourth-order valence-corrected chi connectivity index (χ4v) is 3.84. The fourth-order valence-electron chi connectivity index (χ4n) is 2.35. The molecule has 2 heterocycles. The number of carbonyl (C=O) groups excluding carboxylic acids is 1. The predicted octanol–water partition coefficient (Wildman–Crippen LogP) is 5.35. The summed E-state index contributed by atoms with van der Waals surface area (Å²) in [4.78, 5) is 13.4. The number of carbonyl (C=O) groups is 1. The first-order valence-electron chi connectivity index (χ1n) is 6.99. The Labute approximate surface area is 144 Å². The zero-order valence-corrected chi connectivity index (χ0v) is 13.8. The molecule has 0 aliphatic rings. The normalized spacial score (nSPS) is 12.8. The van der Waals surface area contributed by atoms with E-state index in [1.54, 1.807) is 0 Å². The van der Waals surface area contributed by atoms with Crippen LogP contribution in [0, 0.1) is 0 Å². The van der Waals surface area contributed by atoms with E-state index in [2.05, 4.69) is 5.32 Å². The van der Waals surface area contributed by atoms with Gasteiger partial charge >= 0.3 is 6.18 Å². The molecule has 3 aromatic rings. The van der Waals surface area contributed by atoms with Crippen LogP contribution in [0.4, 0.5) is 13.2 Å². The maximum Gasteiger partial charge on any atom is 0.417 e. The lowest BCUT2D eigenvalue weighted by atomic mass is 10.0. The standard InChI is InChI=1S/C17H12F3NOS2/c18-17(19,20)13-5-2-1-4-12(13)16(22)21-15(11-7-9-23-10-11)14-6-3-8-24-14/h1-10,15H,(H,21,22)/t15-/m1/s1. The van der Waals surface area contributed by atoms with Crippen LogP contribution in [0.3, 0.4) is 0 Å². The molecule has 0 spiro atoms. The molecule has 1 atom stereocenters. The Balaban J connectivity index is 1.93. The third kappa shape index (κ3) is 3.52. The molecule has 0 fully saturated rings. The highest BCUT2D eigenvalue weighted by Gasteiger charge is 2.35. The molecular formula is C17H12F3NOS2. The van der Waals surface area contributed by atoms with Crippen molar-refractivity contribution in [3.63, 3.8) is 0 Å². The first-order valence-corrected chi connectivity index (χ1v) is 8.81. The van der Waals surface area contributed by atoms with E-state index >= 15 is 0 Å². The van der Waals surface area contributed by atoms with Crippen LogP contribution in [-0.2, 0) is 6.18 Å². The highest BCUT2D eigenvalue weighted by Crippen LogP contribution is 2.33. The van der Waals surface area contributed by atoms with Crippen molar-refractivity contribution in [1.29, 1.82) is 0 Å². The van der Waals surface area contributed by atoms with E-state index in [4.69, 9.17) is 0 Å². The maximum absolute atomic E-state index is 13.1. The van der Waals surface area contributed by atoms with Gasteiger partial charge in [0.1, 0.15) is 0 Å². The monoisotopic (exact) mass is 367 g/mol. The van der Waals surface area contributed by atoms with Crippen LogP contribution in [0.5, 0.6) is 0 Å². The Morgan fingerprint density at radius 3 is 2.46 bits per heavy atom. The summed E-state index contributed by atoms with van der Waals surface area (Å²) in [7, 11) is 0. The van der Waals surface area contributed by atoms with E-state index in [0.29, 0.717) is 0 Å². The van der Waals surface area contributed by atoms with E-state index in [0.717, 1.165) is 16.5 Å². The van der Waals surface area contributed by atoms with Crippen LogP contribution in [0.15, 0.2) is 58.6 Å². The molecule has 0 bridgehead atoms. The Hall–Kier alpha value is -2.12. The van der Waals surface area contributed by atoms with Crippen molar-refractivity contribution in [3.05, 3.63) is 80.2 Å². The average Bonchev–Trinajstić information content (AvgIpc) is 3.25. The summed E-state index contributed by atoms with van der Waals surface area (Å²) in [6.07, 6.45) is -4.57. The van der Waals surface area contributed by atoms with E-state index in [-0.39, 0.29) is 5.56 Å². The number of hydrogen-bond acceptors (Lipinski definition) is 3. The summed E-state index contributed by atoms with van der Waals surface area (Å²) in [6.45, 7) is 0. The highest BCUT2D eigenvalue weighted by atomic mass is 32.1. The Bertz CT molecular complexity index is 776. The number of nitrogens with one attached hydrogen (secondary N) is 1. The molecule has 1 amide bonds. The van der Waals surface area contributed by atoms with Gasteiger partial charge in [-0.25, -0.2) is 0 Å². The summed E-state index contributed by atoms with van der Waals surface area (Å²) in [5.41, 5.74) is -0.458. The number of rotatable bonds is 4. The van der Waals surface area contributed by atoms with Crippen LogP contribution in [0.2, 0.25) is 0 Å². The molecule has 7 heteroatoms. The minimum absolute atomic E-state index is 0.373. The quantitative estimate of drug-likeness (QED) is 0.662. The van der Waals surface area contributed by atoms with Gasteiger partial charge in [0.2, 0.25) is 0 Å². The van der Waals surface area contributed by atoms with Crippen molar-refractivity contribution in [2.24, 2.45) is 0 Å². The van der Waals surface area contributed by atoms with Crippen LogP contribution in [0.25, 0.3) is 0 Å². The summed E-state index contributed by atoms with van der Waals surface area (Å²) < 4.78 is 39.3. The number of thiophene rings is 2. The van der Waals surface area contributed by atoms with Crippen LogP contribution in [-0.4, -0.2) is 5.91 Å². The molecule has 0 aliphatic heterocycles. The van der Waals surface area contributed by atoms with Crippen molar-refractivity contribution in [3.8, 4) is 0 Å². The van der Waals surface area contributed by atoms with Crippen molar-refractivity contribution < 1.29 is 18.0 Å². The first-order chi connectivity index (χ1) is 11.5. The minimum Gasteiger partial charge on any atom is -0.340 e.